The molecule has 0 aromatic carbocycles. The van der Waals surface area contributed by atoms with E-state index in [1.165, 1.54) is 0 Å². The Bertz CT molecular complexity index is 190. The second-order valence-electron chi connectivity index (χ2n) is 4.28. The van der Waals surface area contributed by atoms with Gasteiger partial charge in [0.15, 0.2) is 0 Å². The molecule has 1 aliphatic rings. The predicted molar refractivity (Wildman–Crippen MR) is 45.0 cm³/mol. The summed E-state index contributed by atoms with van der Waals surface area (Å²) in [4.78, 5) is 0. The highest BCUT2D eigenvalue weighted by molar-refractivity contribution is 5.12. The fourth-order valence-electron chi connectivity index (χ4n) is 1.91. The fourth-order valence-corrected chi connectivity index (χ4v) is 1.91. The molecule has 0 aliphatic heterocycles. The first-order valence-corrected chi connectivity index (χ1v) is 4.14. The van der Waals surface area contributed by atoms with Crippen molar-refractivity contribution < 1.29 is 0 Å². The molecule has 0 aromatic heterocycles. The minimum absolute atomic E-state index is 0.233. The van der Waals surface area contributed by atoms with Crippen LogP contribution in [-0.4, -0.2) is 12.6 Å². The first-order chi connectivity index (χ1) is 5.04. The van der Waals surface area contributed by atoms with Crippen molar-refractivity contribution in [1.29, 1.82) is 5.26 Å². The minimum atomic E-state index is -0.233. The Hall–Kier alpha value is -0.550. The molecule has 2 nitrogen and oxygen atoms in total. The molecule has 0 saturated heterocycles. The Kier molecular flexibility index (Phi) is 1.94. The molecule has 1 rings (SSSR count). The first-order valence-electron chi connectivity index (χ1n) is 4.14. The summed E-state index contributed by atoms with van der Waals surface area (Å²) in [6, 6.07) is 2.37. The van der Waals surface area contributed by atoms with Crippen molar-refractivity contribution in [3.8, 4) is 6.07 Å². The Morgan fingerprint density at radius 3 is 2.18 bits per heavy atom. The van der Waals surface area contributed by atoms with Crippen molar-refractivity contribution in [3.05, 3.63) is 0 Å². The zero-order chi connectivity index (χ0) is 8.54. The van der Waals surface area contributed by atoms with Gasteiger partial charge in [-0.3, -0.25) is 0 Å². The number of rotatable bonds is 1. The van der Waals surface area contributed by atoms with Gasteiger partial charge < -0.3 is 5.32 Å². The van der Waals surface area contributed by atoms with Crippen molar-refractivity contribution in [3.63, 3.8) is 0 Å². The van der Waals surface area contributed by atoms with Crippen molar-refractivity contribution in [1.82, 2.24) is 5.32 Å². The maximum Gasteiger partial charge on any atom is 0.107 e. The maximum absolute atomic E-state index is 8.94. The monoisotopic (exact) mass is 152 g/mol. The van der Waals surface area contributed by atoms with Gasteiger partial charge in [0.1, 0.15) is 5.54 Å². The third kappa shape index (κ3) is 1.54. The highest BCUT2D eigenvalue weighted by Gasteiger charge is 2.42. The van der Waals surface area contributed by atoms with E-state index in [9.17, 15) is 0 Å². The van der Waals surface area contributed by atoms with E-state index in [4.69, 9.17) is 5.26 Å². The number of nitrogens with zero attached hydrogens (tertiary/aromatic N) is 1. The number of hydrogen-bond acceptors (Lipinski definition) is 2. The largest absolute Gasteiger partial charge is 0.302 e. The second-order valence-corrected chi connectivity index (χ2v) is 4.28. The summed E-state index contributed by atoms with van der Waals surface area (Å²) < 4.78 is 0. The quantitative estimate of drug-likeness (QED) is 0.620. The van der Waals surface area contributed by atoms with Gasteiger partial charge >= 0.3 is 0 Å². The van der Waals surface area contributed by atoms with Crippen LogP contribution < -0.4 is 5.32 Å². The molecule has 0 radical (unpaired) electrons. The lowest BCUT2D eigenvalue weighted by Gasteiger charge is -2.22. The van der Waals surface area contributed by atoms with Crippen molar-refractivity contribution in [2.24, 2.45) is 5.41 Å². The summed E-state index contributed by atoms with van der Waals surface area (Å²) in [5.74, 6) is 0. The molecule has 0 bridgehead atoms. The number of hydrogen-bond donors (Lipinski definition) is 1. The average molecular weight is 152 g/mol. The SMILES string of the molecule is CNC1(C#N)CCC(C)(C)C1. The zero-order valence-electron chi connectivity index (χ0n) is 7.57. The van der Waals surface area contributed by atoms with Crippen LogP contribution in [0.15, 0.2) is 0 Å². The molecule has 1 saturated carbocycles. The first kappa shape index (κ1) is 8.55. The van der Waals surface area contributed by atoms with Crippen LogP contribution >= 0.6 is 0 Å². The van der Waals surface area contributed by atoms with Gasteiger partial charge in [0.25, 0.3) is 0 Å². The van der Waals surface area contributed by atoms with Crippen LogP contribution in [0.25, 0.3) is 0 Å². The van der Waals surface area contributed by atoms with Crippen molar-refractivity contribution in [2.45, 2.75) is 38.6 Å². The minimum Gasteiger partial charge on any atom is -0.302 e. The molecular formula is C9H16N2. The molecule has 1 fully saturated rings. The summed E-state index contributed by atoms with van der Waals surface area (Å²) in [7, 11) is 1.88. The predicted octanol–water partition coefficient (Wildman–Crippen LogP) is 1.68. The molecule has 0 aromatic rings. The molecule has 1 unspecified atom stereocenters. The second kappa shape index (κ2) is 2.49. The fraction of sp³-hybridized carbons (Fsp3) is 0.889. The van der Waals surface area contributed by atoms with Crippen LogP contribution in [0.2, 0.25) is 0 Å². The zero-order valence-corrected chi connectivity index (χ0v) is 7.57. The summed E-state index contributed by atoms with van der Waals surface area (Å²) in [5, 5.41) is 12.1. The van der Waals surface area contributed by atoms with E-state index < -0.39 is 0 Å². The molecule has 0 amide bonds. The third-order valence-electron chi connectivity index (χ3n) is 2.70. The van der Waals surface area contributed by atoms with Gasteiger partial charge in [-0.05, 0) is 31.7 Å². The van der Waals surface area contributed by atoms with E-state index in [1.807, 2.05) is 7.05 Å². The van der Waals surface area contributed by atoms with E-state index in [0.717, 1.165) is 19.3 Å². The van der Waals surface area contributed by atoms with Gasteiger partial charge in [0, 0.05) is 0 Å². The van der Waals surface area contributed by atoms with Gasteiger partial charge in [-0.25, -0.2) is 0 Å². The number of nitrogens with one attached hydrogen (secondary N) is 1. The average Bonchev–Trinajstić information content (AvgIpc) is 2.28. The Labute approximate surface area is 68.6 Å². The molecule has 0 heterocycles. The standard InChI is InChI=1S/C9H16N2/c1-8(2)4-5-9(6-8,7-10)11-3/h11H,4-6H2,1-3H3. The molecule has 1 atom stereocenters. The van der Waals surface area contributed by atoms with Crippen molar-refractivity contribution >= 4 is 0 Å². The third-order valence-corrected chi connectivity index (χ3v) is 2.70. The van der Waals surface area contributed by atoms with Gasteiger partial charge in [0.2, 0.25) is 0 Å². The number of nitriles is 1. The smallest absolute Gasteiger partial charge is 0.107 e. The Morgan fingerprint density at radius 1 is 1.36 bits per heavy atom. The van der Waals surface area contributed by atoms with Gasteiger partial charge in [-0.1, -0.05) is 13.8 Å². The molecule has 1 aliphatic carbocycles. The highest BCUT2D eigenvalue weighted by Crippen LogP contribution is 2.42. The van der Waals surface area contributed by atoms with Crippen LogP contribution in [0.1, 0.15) is 33.1 Å². The summed E-state index contributed by atoms with van der Waals surface area (Å²) in [6.07, 6.45) is 3.13. The van der Waals surface area contributed by atoms with E-state index >= 15 is 0 Å². The Balaban J connectivity index is 2.72. The lowest BCUT2D eigenvalue weighted by molar-refractivity contribution is 0.345. The summed E-state index contributed by atoms with van der Waals surface area (Å²) in [6.45, 7) is 4.45. The lowest BCUT2D eigenvalue weighted by Crippen LogP contribution is -2.39. The Morgan fingerprint density at radius 2 is 2.00 bits per heavy atom. The van der Waals surface area contributed by atoms with E-state index in [0.29, 0.717) is 5.41 Å². The molecule has 0 spiro atoms. The van der Waals surface area contributed by atoms with Gasteiger partial charge in [0.05, 0.1) is 6.07 Å². The van der Waals surface area contributed by atoms with Crippen molar-refractivity contribution in [2.75, 3.05) is 7.05 Å². The maximum atomic E-state index is 8.94. The molecular weight excluding hydrogens is 136 g/mol. The molecule has 11 heavy (non-hydrogen) atoms. The van der Waals surface area contributed by atoms with Crippen LogP contribution in [0.5, 0.6) is 0 Å². The van der Waals surface area contributed by atoms with Crippen LogP contribution in [0.3, 0.4) is 0 Å². The van der Waals surface area contributed by atoms with Crippen LogP contribution in [0, 0.1) is 16.7 Å². The van der Waals surface area contributed by atoms with E-state index in [2.05, 4.69) is 25.2 Å². The van der Waals surface area contributed by atoms with Crippen LogP contribution in [-0.2, 0) is 0 Å². The lowest BCUT2D eigenvalue weighted by atomic mass is 9.88. The molecule has 2 heteroatoms. The van der Waals surface area contributed by atoms with Gasteiger partial charge in [-0.2, -0.15) is 5.26 Å². The summed E-state index contributed by atoms with van der Waals surface area (Å²) >= 11 is 0. The highest BCUT2D eigenvalue weighted by atomic mass is 14.9. The normalized spacial score (nSPS) is 35.1. The van der Waals surface area contributed by atoms with E-state index in [-0.39, 0.29) is 5.54 Å². The molecule has 62 valence electrons. The van der Waals surface area contributed by atoms with E-state index in [1.54, 1.807) is 0 Å². The van der Waals surface area contributed by atoms with Gasteiger partial charge in [-0.15, -0.1) is 0 Å². The molecule has 1 N–H and O–H groups in total. The topological polar surface area (TPSA) is 35.8 Å². The summed E-state index contributed by atoms with van der Waals surface area (Å²) in [5.41, 5.74) is 0.113. The van der Waals surface area contributed by atoms with Crippen LogP contribution in [0.4, 0.5) is 0 Å².